The quantitative estimate of drug-likeness (QED) is 0.461. The van der Waals surface area contributed by atoms with Crippen molar-refractivity contribution in [2.75, 3.05) is 0 Å². The van der Waals surface area contributed by atoms with E-state index in [1.165, 1.54) is 19.1 Å². The molecule has 0 saturated heterocycles. The van der Waals surface area contributed by atoms with Gasteiger partial charge in [0.25, 0.3) is 10.1 Å². The van der Waals surface area contributed by atoms with Gasteiger partial charge in [-0.3, -0.25) is 4.55 Å². The Hall–Kier alpha value is -1.99. The zero-order valence-corrected chi connectivity index (χ0v) is 10.1. The highest BCUT2D eigenvalue weighted by Crippen LogP contribution is 2.41. The second kappa shape index (κ2) is 3.76. The first-order valence-corrected chi connectivity index (χ1v) is 6.32. The maximum absolute atomic E-state index is 11.2. The minimum atomic E-state index is -4.57. The normalized spacial score (nSPS) is 11.9. The van der Waals surface area contributed by atoms with Crippen molar-refractivity contribution in [3.8, 4) is 17.2 Å². The third-order valence-electron chi connectivity index (χ3n) is 2.64. The van der Waals surface area contributed by atoms with Crippen molar-refractivity contribution in [2.45, 2.75) is 11.8 Å². The van der Waals surface area contributed by atoms with Crippen LogP contribution in [0.4, 0.5) is 0 Å². The van der Waals surface area contributed by atoms with Crippen molar-refractivity contribution >= 4 is 20.9 Å². The zero-order chi connectivity index (χ0) is 13.7. The van der Waals surface area contributed by atoms with Crippen molar-refractivity contribution in [1.82, 2.24) is 0 Å². The van der Waals surface area contributed by atoms with Crippen LogP contribution in [0.3, 0.4) is 0 Å². The average molecular weight is 270 g/mol. The molecule has 4 N–H and O–H groups in total. The van der Waals surface area contributed by atoms with Crippen molar-refractivity contribution in [3.63, 3.8) is 0 Å². The van der Waals surface area contributed by atoms with Crippen molar-refractivity contribution in [2.24, 2.45) is 0 Å². The Bertz CT molecular complexity index is 748. The molecule has 0 spiro atoms. The van der Waals surface area contributed by atoms with Crippen LogP contribution in [0.15, 0.2) is 23.1 Å². The van der Waals surface area contributed by atoms with E-state index in [0.29, 0.717) is 0 Å². The zero-order valence-electron chi connectivity index (χ0n) is 9.25. The number of aromatic hydroxyl groups is 3. The van der Waals surface area contributed by atoms with Crippen LogP contribution in [-0.2, 0) is 10.1 Å². The molecule has 0 atom stereocenters. The van der Waals surface area contributed by atoms with Crippen molar-refractivity contribution in [1.29, 1.82) is 0 Å². The summed E-state index contributed by atoms with van der Waals surface area (Å²) < 4.78 is 31.3. The SMILES string of the molecule is Cc1cc2c(O)c(O)ccc2c(O)c1S(=O)(=O)O. The molecule has 0 aliphatic heterocycles. The predicted octanol–water partition coefficient (Wildman–Crippen LogP) is 1.51. The monoisotopic (exact) mass is 270 g/mol. The van der Waals surface area contributed by atoms with Crippen LogP contribution in [0.1, 0.15) is 5.56 Å². The van der Waals surface area contributed by atoms with Crippen LogP contribution >= 0.6 is 0 Å². The van der Waals surface area contributed by atoms with Gasteiger partial charge in [0.15, 0.2) is 11.5 Å². The van der Waals surface area contributed by atoms with Gasteiger partial charge in [-0.15, -0.1) is 0 Å². The summed E-state index contributed by atoms with van der Waals surface area (Å²) in [4.78, 5) is -0.611. The second-order valence-corrected chi connectivity index (χ2v) is 5.23. The number of benzene rings is 2. The standard InChI is InChI=1S/C11H10O6S/c1-5-4-7-6(2-3-8(12)9(7)13)10(14)11(5)18(15,16)17/h2-4,12-14H,1H3,(H,15,16,17). The smallest absolute Gasteiger partial charge is 0.298 e. The number of phenolic OH excluding ortho intramolecular Hbond substituents is 3. The van der Waals surface area contributed by atoms with Gasteiger partial charge in [-0.2, -0.15) is 8.42 Å². The van der Waals surface area contributed by atoms with E-state index in [0.717, 1.165) is 6.07 Å². The Morgan fingerprint density at radius 2 is 1.61 bits per heavy atom. The van der Waals surface area contributed by atoms with Gasteiger partial charge in [0, 0.05) is 10.8 Å². The van der Waals surface area contributed by atoms with E-state index in [4.69, 9.17) is 4.55 Å². The average Bonchev–Trinajstić information content (AvgIpc) is 2.22. The molecule has 6 nitrogen and oxygen atoms in total. The molecule has 2 aromatic carbocycles. The molecule has 0 aromatic heterocycles. The Kier molecular flexibility index (Phi) is 2.60. The first-order valence-electron chi connectivity index (χ1n) is 4.88. The Labute approximate surface area is 102 Å². The lowest BCUT2D eigenvalue weighted by Crippen LogP contribution is -2.01. The highest BCUT2D eigenvalue weighted by atomic mass is 32.2. The van der Waals surface area contributed by atoms with Crippen LogP contribution in [0.2, 0.25) is 0 Å². The number of rotatable bonds is 1. The summed E-state index contributed by atoms with van der Waals surface area (Å²) in [5.74, 6) is -1.52. The van der Waals surface area contributed by atoms with Gasteiger partial charge in [0.1, 0.15) is 10.6 Å². The van der Waals surface area contributed by atoms with Gasteiger partial charge in [-0.1, -0.05) is 0 Å². The summed E-state index contributed by atoms with van der Waals surface area (Å²) in [7, 11) is -4.57. The molecular formula is C11H10O6S. The van der Waals surface area contributed by atoms with Gasteiger partial charge in [0.05, 0.1) is 0 Å². The molecule has 0 aliphatic carbocycles. The number of fused-ring (bicyclic) bond motifs is 1. The van der Waals surface area contributed by atoms with Crippen molar-refractivity contribution < 1.29 is 28.3 Å². The lowest BCUT2D eigenvalue weighted by atomic mass is 10.0. The first kappa shape index (κ1) is 12.5. The lowest BCUT2D eigenvalue weighted by Gasteiger charge is -2.10. The molecule has 7 heteroatoms. The van der Waals surface area contributed by atoms with E-state index in [1.54, 1.807) is 0 Å². The molecule has 0 heterocycles. The minimum Gasteiger partial charge on any atom is -0.506 e. The molecule has 0 aliphatic rings. The summed E-state index contributed by atoms with van der Waals surface area (Å²) >= 11 is 0. The molecule has 2 aromatic rings. The molecule has 0 fully saturated rings. The van der Waals surface area contributed by atoms with Gasteiger partial charge in [0.2, 0.25) is 0 Å². The molecule has 0 bridgehead atoms. The summed E-state index contributed by atoms with van der Waals surface area (Å²) in [5, 5.41) is 28.9. The highest BCUT2D eigenvalue weighted by Gasteiger charge is 2.22. The molecule has 0 radical (unpaired) electrons. The van der Waals surface area contributed by atoms with Gasteiger partial charge < -0.3 is 15.3 Å². The molecular weight excluding hydrogens is 260 g/mol. The van der Waals surface area contributed by atoms with Gasteiger partial charge in [-0.25, -0.2) is 0 Å². The van der Waals surface area contributed by atoms with Crippen LogP contribution in [-0.4, -0.2) is 28.3 Å². The van der Waals surface area contributed by atoms with E-state index < -0.39 is 26.5 Å². The summed E-state index contributed by atoms with van der Waals surface area (Å²) in [6.07, 6.45) is 0. The van der Waals surface area contributed by atoms with E-state index in [-0.39, 0.29) is 22.1 Å². The molecule has 2 rings (SSSR count). The third-order valence-corrected chi connectivity index (χ3v) is 3.67. The Morgan fingerprint density at radius 1 is 1.00 bits per heavy atom. The number of aryl methyl sites for hydroxylation is 1. The van der Waals surface area contributed by atoms with Crippen LogP contribution in [0.5, 0.6) is 17.2 Å². The fraction of sp³-hybridized carbons (Fsp3) is 0.0909. The van der Waals surface area contributed by atoms with Gasteiger partial charge >= 0.3 is 0 Å². The fourth-order valence-corrected chi connectivity index (χ4v) is 2.69. The topological polar surface area (TPSA) is 115 Å². The summed E-state index contributed by atoms with van der Waals surface area (Å²) in [5.41, 5.74) is 0.0587. The number of hydrogen-bond donors (Lipinski definition) is 4. The minimum absolute atomic E-state index is 0.0172. The molecule has 0 amide bonds. The summed E-state index contributed by atoms with van der Waals surface area (Å²) in [6, 6.07) is 3.61. The third kappa shape index (κ3) is 1.73. The van der Waals surface area contributed by atoms with E-state index in [1.807, 2.05) is 0 Å². The fourth-order valence-electron chi connectivity index (χ4n) is 1.87. The Morgan fingerprint density at radius 3 is 2.17 bits per heavy atom. The summed E-state index contributed by atoms with van der Waals surface area (Å²) in [6.45, 7) is 1.35. The maximum Gasteiger partial charge on any atom is 0.298 e. The molecule has 0 saturated carbocycles. The van der Waals surface area contributed by atoms with Crippen LogP contribution in [0, 0.1) is 6.92 Å². The number of phenols is 3. The lowest BCUT2D eigenvalue weighted by molar-refractivity contribution is 0.407. The molecule has 0 unspecified atom stereocenters. The first-order chi connectivity index (χ1) is 8.23. The largest absolute Gasteiger partial charge is 0.506 e. The maximum atomic E-state index is 11.2. The van der Waals surface area contributed by atoms with Gasteiger partial charge in [-0.05, 0) is 30.7 Å². The van der Waals surface area contributed by atoms with E-state index >= 15 is 0 Å². The van der Waals surface area contributed by atoms with Crippen LogP contribution < -0.4 is 0 Å². The number of hydrogen-bond acceptors (Lipinski definition) is 5. The predicted molar refractivity (Wildman–Crippen MR) is 63.5 cm³/mol. The second-order valence-electron chi connectivity index (χ2n) is 3.87. The van der Waals surface area contributed by atoms with Crippen molar-refractivity contribution in [3.05, 3.63) is 23.8 Å². The molecule has 96 valence electrons. The van der Waals surface area contributed by atoms with E-state index in [2.05, 4.69) is 0 Å². The highest BCUT2D eigenvalue weighted by molar-refractivity contribution is 7.86. The van der Waals surface area contributed by atoms with E-state index in [9.17, 15) is 23.7 Å². The van der Waals surface area contributed by atoms with Crippen LogP contribution in [0.25, 0.3) is 10.8 Å². The molecule has 18 heavy (non-hydrogen) atoms. The Balaban J connectivity index is 3.02.